The summed E-state index contributed by atoms with van der Waals surface area (Å²) in [5, 5.41) is 0. The predicted molar refractivity (Wildman–Crippen MR) is 70.3 cm³/mol. The van der Waals surface area contributed by atoms with Crippen LogP contribution in [0.15, 0.2) is 50.1 Å². The van der Waals surface area contributed by atoms with Crippen LogP contribution in [0.1, 0.15) is 24.2 Å². The van der Waals surface area contributed by atoms with E-state index in [2.05, 4.69) is 19.7 Å². The maximum atomic E-state index is 10.8. The number of benzene rings is 1. The Kier molecular flexibility index (Phi) is 12.1. The molecule has 0 heterocycles. The largest absolute Gasteiger partial charge is 0.423 e. The van der Waals surface area contributed by atoms with E-state index < -0.39 is 5.97 Å². The summed E-state index contributed by atoms with van der Waals surface area (Å²) in [6, 6.07) is 6.48. The van der Waals surface area contributed by atoms with Gasteiger partial charge in [0.2, 0.25) is 0 Å². The first kappa shape index (κ1) is 17.2. The molecule has 0 bridgehead atoms. The van der Waals surface area contributed by atoms with Gasteiger partial charge in [-0.2, -0.15) is 0 Å². The molecule has 0 saturated carbocycles. The van der Waals surface area contributed by atoms with Crippen molar-refractivity contribution in [1.29, 1.82) is 0 Å². The maximum absolute atomic E-state index is 10.8. The Labute approximate surface area is 102 Å². The second-order valence-corrected chi connectivity index (χ2v) is 2.28. The standard InChI is InChI=1S/C10H8O3.C2H6.C2H4/c1-2-10(12)13-9-6-4-3-5-8(9)7-11;2*1-2/h2-7H,1H2;1-2H3;1-2H2. The lowest BCUT2D eigenvalue weighted by Crippen LogP contribution is -2.04. The number of hydrogen-bond acceptors (Lipinski definition) is 3. The summed E-state index contributed by atoms with van der Waals surface area (Å²) < 4.78 is 4.80. The summed E-state index contributed by atoms with van der Waals surface area (Å²) in [5.41, 5.74) is 0.345. The molecule has 0 atom stereocenters. The van der Waals surface area contributed by atoms with Crippen molar-refractivity contribution in [3.63, 3.8) is 0 Å². The van der Waals surface area contributed by atoms with Gasteiger partial charge < -0.3 is 4.74 Å². The average Bonchev–Trinajstić information content (AvgIpc) is 2.43. The van der Waals surface area contributed by atoms with Crippen molar-refractivity contribution < 1.29 is 14.3 Å². The zero-order chi connectivity index (χ0) is 13.7. The third-order valence-electron chi connectivity index (χ3n) is 1.42. The highest BCUT2D eigenvalue weighted by Crippen LogP contribution is 2.15. The molecule has 0 unspecified atom stereocenters. The molecule has 0 radical (unpaired) electrons. The fourth-order valence-electron chi connectivity index (χ4n) is 0.821. The number of para-hydroxylation sites is 1. The van der Waals surface area contributed by atoms with E-state index >= 15 is 0 Å². The molecule has 1 rings (SSSR count). The normalized spacial score (nSPS) is 7.41. The van der Waals surface area contributed by atoms with Crippen LogP contribution in [0.5, 0.6) is 5.75 Å². The second kappa shape index (κ2) is 11.9. The topological polar surface area (TPSA) is 43.4 Å². The molecule has 0 aliphatic heterocycles. The van der Waals surface area contributed by atoms with Crippen molar-refractivity contribution in [1.82, 2.24) is 0 Å². The van der Waals surface area contributed by atoms with Gasteiger partial charge in [-0.3, -0.25) is 4.79 Å². The van der Waals surface area contributed by atoms with Gasteiger partial charge in [0.15, 0.2) is 6.29 Å². The molecule has 0 aromatic heterocycles. The number of hydrogen-bond donors (Lipinski definition) is 0. The van der Waals surface area contributed by atoms with Crippen LogP contribution in [-0.4, -0.2) is 12.3 Å². The molecule has 0 saturated heterocycles. The van der Waals surface area contributed by atoms with E-state index in [-0.39, 0.29) is 5.75 Å². The lowest BCUT2D eigenvalue weighted by Gasteiger charge is -2.02. The third-order valence-corrected chi connectivity index (χ3v) is 1.42. The lowest BCUT2D eigenvalue weighted by atomic mass is 10.2. The van der Waals surface area contributed by atoms with Crippen LogP contribution in [0.4, 0.5) is 0 Å². The van der Waals surface area contributed by atoms with Crippen LogP contribution in [0.2, 0.25) is 0 Å². The highest BCUT2D eigenvalue weighted by molar-refractivity contribution is 5.86. The van der Waals surface area contributed by atoms with Crippen molar-refractivity contribution in [2.75, 3.05) is 0 Å². The van der Waals surface area contributed by atoms with Crippen molar-refractivity contribution in [3.8, 4) is 5.75 Å². The lowest BCUT2D eigenvalue weighted by molar-refractivity contribution is -0.128. The zero-order valence-corrected chi connectivity index (χ0v) is 10.3. The van der Waals surface area contributed by atoms with E-state index in [4.69, 9.17) is 4.74 Å². The van der Waals surface area contributed by atoms with Crippen LogP contribution >= 0.6 is 0 Å². The molecule has 0 fully saturated rings. The van der Waals surface area contributed by atoms with Crippen molar-refractivity contribution in [3.05, 3.63) is 55.6 Å². The number of carbonyl (C=O) groups is 2. The SMILES string of the molecule is C=C.C=CC(=O)Oc1ccccc1C=O.CC. The summed E-state index contributed by atoms with van der Waals surface area (Å²) in [5.74, 6) is -0.322. The number of esters is 1. The molecule has 0 aliphatic carbocycles. The predicted octanol–water partition coefficient (Wildman–Crippen LogP) is 3.42. The van der Waals surface area contributed by atoms with Gasteiger partial charge in [0.1, 0.15) is 5.75 Å². The number of carbonyl (C=O) groups excluding carboxylic acids is 2. The van der Waals surface area contributed by atoms with E-state index in [0.29, 0.717) is 11.8 Å². The van der Waals surface area contributed by atoms with Crippen LogP contribution in [0, 0.1) is 0 Å². The molecule has 3 heteroatoms. The van der Waals surface area contributed by atoms with Gasteiger partial charge in [-0.15, -0.1) is 13.2 Å². The molecule has 1 aromatic rings. The Balaban J connectivity index is 0. The van der Waals surface area contributed by atoms with Gasteiger partial charge in [-0.1, -0.05) is 32.6 Å². The quantitative estimate of drug-likeness (QED) is 0.264. The highest BCUT2D eigenvalue weighted by atomic mass is 16.5. The molecule has 3 nitrogen and oxygen atoms in total. The van der Waals surface area contributed by atoms with Crippen LogP contribution in [0.3, 0.4) is 0 Å². The highest BCUT2D eigenvalue weighted by Gasteiger charge is 2.04. The summed E-state index contributed by atoms with van der Waals surface area (Å²) >= 11 is 0. The van der Waals surface area contributed by atoms with Crippen molar-refractivity contribution >= 4 is 12.3 Å². The Bertz CT molecular complexity index is 356. The molecule has 0 amide bonds. The Hall–Kier alpha value is -2.16. The Morgan fingerprint density at radius 2 is 1.76 bits per heavy atom. The monoisotopic (exact) mass is 234 g/mol. The van der Waals surface area contributed by atoms with E-state index in [1.54, 1.807) is 24.3 Å². The minimum absolute atomic E-state index is 0.252. The van der Waals surface area contributed by atoms with Crippen LogP contribution in [0.25, 0.3) is 0 Å². The van der Waals surface area contributed by atoms with Gasteiger partial charge in [0, 0.05) is 6.08 Å². The summed E-state index contributed by atoms with van der Waals surface area (Å²) in [7, 11) is 0. The molecular weight excluding hydrogens is 216 g/mol. The van der Waals surface area contributed by atoms with E-state index in [9.17, 15) is 9.59 Å². The van der Waals surface area contributed by atoms with E-state index in [1.165, 1.54) is 0 Å². The molecule has 0 N–H and O–H groups in total. The maximum Gasteiger partial charge on any atom is 0.335 e. The minimum Gasteiger partial charge on any atom is -0.423 e. The first-order valence-corrected chi connectivity index (χ1v) is 5.16. The smallest absolute Gasteiger partial charge is 0.335 e. The fraction of sp³-hybridized carbons (Fsp3) is 0.143. The molecule has 17 heavy (non-hydrogen) atoms. The van der Waals surface area contributed by atoms with E-state index in [1.807, 2.05) is 13.8 Å². The third kappa shape index (κ3) is 6.84. The molecule has 0 spiro atoms. The molecule has 1 aromatic carbocycles. The fourth-order valence-corrected chi connectivity index (χ4v) is 0.821. The summed E-state index contributed by atoms with van der Waals surface area (Å²) in [6.45, 7) is 13.2. The second-order valence-electron chi connectivity index (χ2n) is 2.28. The first-order chi connectivity index (χ1) is 8.27. The first-order valence-electron chi connectivity index (χ1n) is 5.16. The van der Waals surface area contributed by atoms with Crippen molar-refractivity contribution in [2.45, 2.75) is 13.8 Å². The number of aldehydes is 1. The van der Waals surface area contributed by atoms with Gasteiger partial charge in [-0.05, 0) is 12.1 Å². The number of ether oxygens (including phenoxy) is 1. The van der Waals surface area contributed by atoms with Crippen molar-refractivity contribution in [2.24, 2.45) is 0 Å². The van der Waals surface area contributed by atoms with Gasteiger partial charge in [0.05, 0.1) is 5.56 Å². The summed E-state index contributed by atoms with van der Waals surface area (Å²) in [6.07, 6.45) is 1.67. The molecule has 92 valence electrons. The van der Waals surface area contributed by atoms with Gasteiger partial charge in [0.25, 0.3) is 0 Å². The van der Waals surface area contributed by atoms with E-state index in [0.717, 1.165) is 6.08 Å². The van der Waals surface area contributed by atoms with Crippen LogP contribution < -0.4 is 4.74 Å². The zero-order valence-electron chi connectivity index (χ0n) is 10.3. The molecule has 0 aliphatic rings. The molecular formula is C14H18O3. The Morgan fingerprint density at radius 1 is 1.24 bits per heavy atom. The van der Waals surface area contributed by atoms with Gasteiger partial charge >= 0.3 is 5.97 Å². The Morgan fingerprint density at radius 3 is 2.24 bits per heavy atom. The van der Waals surface area contributed by atoms with Gasteiger partial charge in [-0.25, -0.2) is 4.79 Å². The van der Waals surface area contributed by atoms with Crippen LogP contribution in [-0.2, 0) is 4.79 Å². The minimum atomic E-state index is -0.575. The number of rotatable bonds is 3. The summed E-state index contributed by atoms with van der Waals surface area (Å²) in [4.78, 5) is 21.3. The average molecular weight is 234 g/mol.